The number of nitrogens with one attached hydrogen (secondary N) is 2. The third-order valence-electron chi connectivity index (χ3n) is 4.20. The summed E-state index contributed by atoms with van der Waals surface area (Å²) in [4.78, 5) is 9.76. The average Bonchev–Trinajstić information content (AvgIpc) is 3.26. The van der Waals surface area contributed by atoms with E-state index in [2.05, 4.69) is 25.8 Å². The molecule has 160 valence electrons. The molecule has 1 saturated heterocycles. The lowest BCUT2D eigenvalue weighted by Gasteiger charge is -2.19. The van der Waals surface area contributed by atoms with E-state index >= 15 is 0 Å². The molecule has 3 rings (SSSR count). The minimum absolute atomic E-state index is 0. The van der Waals surface area contributed by atoms with Crippen molar-refractivity contribution in [3.63, 3.8) is 0 Å². The highest BCUT2D eigenvalue weighted by Crippen LogP contribution is 2.21. The summed E-state index contributed by atoms with van der Waals surface area (Å²) in [5.74, 6) is 1.23. The predicted octanol–water partition coefficient (Wildman–Crippen LogP) is 3.31. The second-order valence-electron chi connectivity index (χ2n) is 6.43. The van der Waals surface area contributed by atoms with E-state index in [0.29, 0.717) is 42.2 Å². The number of hydrogen-bond acceptors (Lipinski definition) is 5. The second-order valence-corrected chi connectivity index (χ2v) is 6.86. The van der Waals surface area contributed by atoms with Gasteiger partial charge in [0.05, 0.1) is 13.1 Å². The van der Waals surface area contributed by atoms with Gasteiger partial charge in [0.25, 0.3) is 0 Å². The molecule has 0 aliphatic carbocycles. The zero-order chi connectivity index (χ0) is 20.1. The SMILES string of the molecule is CN=C(NCc1nc(-c2cccc(Cl)c2)no1)NC1CCN(CC(F)(F)F)C1.I. The summed E-state index contributed by atoms with van der Waals surface area (Å²) < 4.78 is 42.7. The summed E-state index contributed by atoms with van der Waals surface area (Å²) in [6.45, 7) is 0.0260. The minimum Gasteiger partial charge on any atom is -0.352 e. The maximum Gasteiger partial charge on any atom is 0.401 e. The maximum atomic E-state index is 12.5. The molecule has 2 heterocycles. The first-order valence-corrected chi connectivity index (χ1v) is 9.05. The van der Waals surface area contributed by atoms with E-state index in [4.69, 9.17) is 16.1 Å². The molecule has 7 nitrogen and oxygen atoms in total. The standard InChI is InChI=1S/C17H20ClF3N6O.HI/c1-22-16(24-13-5-6-27(9-13)10-17(19,20)21)23-8-14-25-15(26-28-14)11-3-2-4-12(18)7-11;/h2-4,7,13H,5-6,8-10H2,1H3,(H2,22,23,24);1H. The van der Waals surface area contributed by atoms with Gasteiger partial charge in [0.1, 0.15) is 0 Å². The third kappa shape index (κ3) is 7.30. The molecule has 1 fully saturated rings. The lowest BCUT2D eigenvalue weighted by atomic mass is 10.2. The van der Waals surface area contributed by atoms with E-state index in [-0.39, 0.29) is 36.6 Å². The van der Waals surface area contributed by atoms with Gasteiger partial charge < -0.3 is 15.2 Å². The van der Waals surface area contributed by atoms with Crippen molar-refractivity contribution in [3.05, 3.63) is 35.2 Å². The number of guanidine groups is 1. The van der Waals surface area contributed by atoms with Gasteiger partial charge in [-0.1, -0.05) is 28.9 Å². The van der Waals surface area contributed by atoms with Gasteiger partial charge in [-0.15, -0.1) is 24.0 Å². The lowest BCUT2D eigenvalue weighted by Crippen LogP contribution is -2.44. The highest BCUT2D eigenvalue weighted by molar-refractivity contribution is 14.0. The number of aromatic nitrogens is 2. The molecule has 2 aromatic rings. The number of benzene rings is 1. The molecule has 2 N–H and O–H groups in total. The Bertz CT molecular complexity index is 831. The van der Waals surface area contributed by atoms with Crippen molar-refractivity contribution in [3.8, 4) is 11.4 Å². The molecule has 0 radical (unpaired) electrons. The fraction of sp³-hybridized carbons (Fsp3) is 0.471. The van der Waals surface area contributed by atoms with E-state index in [0.717, 1.165) is 5.56 Å². The molecule has 1 aromatic carbocycles. The monoisotopic (exact) mass is 544 g/mol. The van der Waals surface area contributed by atoms with Crippen LogP contribution in [-0.2, 0) is 6.54 Å². The molecule has 1 aliphatic rings. The number of aliphatic imine (C=N–C) groups is 1. The number of hydrogen-bond donors (Lipinski definition) is 2. The summed E-state index contributed by atoms with van der Waals surface area (Å²) >= 11 is 5.96. The Hall–Kier alpha value is -1.60. The summed E-state index contributed by atoms with van der Waals surface area (Å²) in [7, 11) is 1.59. The fourth-order valence-corrected chi connectivity index (χ4v) is 3.16. The number of nitrogens with zero attached hydrogens (tertiary/aromatic N) is 4. The Morgan fingerprint density at radius 3 is 2.90 bits per heavy atom. The van der Waals surface area contributed by atoms with Crippen molar-refractivity contribution < 1.29 is 17.7 Å². The van der Waals surface area contributed by atoms with E-state index in [9.17, 15) is 13.2 Å². The van der Waals surface area contributed by atoms with Crippen LogP contribution in [0.5, 0.6) is 0 Å². The minimum atomic E-state index is -4.19. The van der Waals surface area contributed by atoms with Crippen molar-refractivity contribution in [2.24, 2.45) is 4.99 Å². The molecule has 0 amide bonds. The lowest BCUT2D eigenvalue weighted by molar-refractivity contribution is -0.143. The first-order chi connectivity index (χ1) is 13.3. The van der Waals surface area contributed by atoms with Gasteiger partial charge in [-0.3, -0.25) is 9.89 Å². The highest BCUT2D eigenvalue weighted by Gasteiger charge is 2.34. The molecule has 29 heavy (non-hydrogen) atoms. The summed E-state index contributed by atoms with van der Waals surface area (Å²) in [6, 6.07) is 6.99. The second kappa shape index (κ2) is 10.4. The topological polar surface area (TPSA) is 78.6 Å². The van der Waals surface area contributed by atoms with Crippen LogP contribution in [-0.4, -0.2) is 59.9 Å². The fourth-order valence-electron chi connectivity index (χ4n) is 2.97. The van der Waals surface area contributed by atoms with Gasteiger partial charge in [0.15, 0.2) is 5.96 Å². The van der Waals surface area contributed by atoms with Crippen molar-refractivity contribution in [2.75, 3.05) is 26.7 Å². The molecule has 1 unspecified atom stereocenters. The van der Waals surface area contributed by atoms with Crippen LogP contribution in [0.4, 0.5) is 13.2 Å². The molecule has 0 saturated carbocycles. The van der Waals surface area contributed by atoms with Gasteiger partial charge in [-0.25, -0.2) is 0 Å². The van der Waals surface area contributed by atoms with Crippen LogP contribution in [0.3, 0.4) is 0 Å². The largest absolute Gasteiger partial charge is 0.401 e. The van der Waals surface area contributed by atoms with Crippen LogP contribution in [0.15, 0.2) is 33.8 Å². The van der Waals surface area contributed by atoms with Crippen molar-refractivity contribution in [1.29, 1.82) is 0 Å². The van der Waals surface area contributed by atoms with Gasteiger partial charge in [0, 0.05) is 36.8 Å². The highest BCUT2D eigenvalue weighted by atomic mass is 127. The third-order valence-corrected chi connectivity index (χ3v) is 4.43. The Morgan fingerprint density at radius 1 is 1.41 bits per heavy atom. The van der Waals surface area contributed by atoms with Crippen LogP contribution in [0, 0.1) is 0 Å². The van der Waals surface area contributed by atoms with Crippen LogP contribution in [0.1, 0.15) is 12.3 Å². The van der Waals surface area contributed by atoms with Gasteiger partial charge in [-0.2, -0.15) is 18.2 Å². The number of likely N-dealkylation sites (tertiary alicyclic amines) is 1. The zero-order valence-electron chi connectivity index (χ0n) is 15.5. The van der Waals surface area contributed by atoms with Crippen LogP contribution in [0.25, 0.3) is 11.4 Å². The molecular formula is C17H21ClF3IN6O. The summed E-state index contributed by atoms with van der Waals surface area (Å²) in [5, 5.41) is 10.6. The van der Waals surface area contributed by atoms with E-state index in [1.165, 1.54) is 4.90 Å². The number of alkyl halides is 3. The summed E-state index contributed by atoms with van der Waals surface area (Å²) in [6.07, 6.45) is -3.58. The molecule has 1 atom stereocenters. The van der Waals surface area contributed by atoms with Crippen LogP contribution in [0.2, 0.25) is 5.02 Å². The quantitative estimate of drug-likeness (QED) is 0.342. The maximum absolute atomic E-state index is 12.5. The number of halogens is 5. The Labute approximate surface area is 188 Å². The van der Waals surface area contributed by atoms with Gasteiger partial charge in [-0.05, 0) is 18.6 Å². The molecule has 1 aliphatic heterocycles. The first-order valence-electron chi connectivity index (χ1n) is 8.67. The molecule has 12 heteroatoms. The first kappa shape index (κ1) is 23.7. The van der Waals surface area contributed by atoms with Crippen molar-refractivity contribution >= 4 is 41.5 Å². The van der Waals surface area contributed by atoms with E-state index < -0.39 is 12.7 Å². The van der Waals surface area contributed by atoms with Crippen LogP contribution >= 0.6 is 35.6 Å². The number of rotatable bonds is 5. The average molecular weight is 545 g/mol. The Kier molecular flexibility index (Phi) is 8.52. The Morgan fingerprint density at radius 2 is 2.21 bits per heavy atom. The normalized spacial score (nSPS) is 17.8. The van der Waals surface area contributed by atoms with E-state index in [1.807, 2.05) is 6.07 Å². The molecule has 1 aromatic heterocycles. The molecule has 0 spiro atoms. The Balaban J connectivity index is 0.00000300. The van der Waals surface area contributed by atoms with Crippen molar-refractivity contribution in [2.45, 2.75) is 25.2 Å². The van der Waals surface area contributed by atoms with Gasteiger partial charge >= 0.3 is 6.18 Å². The van der Waals surface area contributed by atoms with Gasteiger partial charge in [0.2, 0.25) is 11.7 Å². The zero-order valence-corrected chi connectivity index (χ0v) is 18.6. The summed E-state index contributed by atoms with van der Waals surface area (Å²) in [5.41, 5.74) is 0.737. The molecule has 0 bridgehead atoms. The van der Waals surface area contributed by atoms with Crippen LogP contribution < -0.4 is 10.6 Å². The van der Waals surface area contributed by atoms with Crippen molar-refractivity contribution in [1.82, 2.24) is 25.7 Å². The molecular weight excluding hydrogens is 524 g/mol. The van der Waals surface area contributed by atoms with E-state index in [1.54, 1.807) is 25.2 Å². The predicted molar refractivity (Wildman–Crippen MR) is 114 cm³/mol. The smallest absolute Gasteiger partial charge is 0.352 e.